The second-order valence-electron chi connectivity index (χ2n) is 7.64. The fourth-order valence-corrected chi connectivity index (χ4v) is 3.70. The van der Waals surface area contributed by atoms with E-state index in [9.17, 15) is 9.59 Å². The lowest BCUT2D eigenvalue weighted by Gasteiger charge is -2.14. The lowest BCUT2D eigenvalue weighted by Crippen LogP contribution is -2.33. The van der Waals surface area contributed by atoms with Gasteiger partial charge in [-0.15, -0.1) is 5.10 Å². The minimum atomic E-state index is -0.576. The van der Waals surface area contributed by atoms with E-state index in [1.54, 1.807) is 35.1 Å². The Hall–Kier alpha value is -4.35. The molecule has 1 aliphatic heterocycles. The summed E-state index contributed by atoms with van der Waals surface area (Å²) in [6.45, 7) is 2.24. The predicted octanol–water partition coefficient (Wildman–Crippen LogP) is 2.27. The van der Waals surface area contributed by atoms with E-state index in [4.69, 9.17) is 4.74 Å². The summed E-state index contributed by atoms with van der Waals surface area (Å²) in [4.78, 5) is 29.1. The van der Waals surface area contributed by atoms with Gasteiger partial charge in [-0.2, -0.15) is 0 Å². The van der Waals surface area contributed by atoms with Gasteiger partial charge >= 0.3 is 6.09 Å². The fourth-order valence-electron chi connectivity index (χ4n) is 3.70. The SMILES string of the molecule is C.CC(=O)NC[C@H]1CN(c2ccc(-c3ccc4nc(Cn5cnnn5)cn4c3)c(F)c2)C(=O)O1. The van der Waals surface area contributed by atoms with E-state index in [2.05, 4.69) is 25.8 Å². The number of hydrogen-bond donors (Lipinski definition) is 1. The molecule has 0 unspecified atom stereocenters. The second-order valence-corrected chi connectivity index (χ2v) is 7.64. The first-order valence-corrected chi connectivity index (χ1v) is 10.2. The average molecular weight is 466 g/mol. The van der Waals surface area contributed by atoms with Crippen molar-refractivity contribution in [3.05, 3.63) is 60.6 Å². The van der Waals surface area contributed by atoms with Gasteiger partial charge < -0.3 is 14.5 Å². The third-order valence-electron chi connectivity index (χ3n) is 5.24. The van der Waals surface area contributed by atoms with Crippen molar-refractivity contribution in [2.45, 2.75) is 27.0 Å². The summed E-state index contributed by atoms with van der Waals surface area (Å²) in [5.41, 5.74) is 2.91. The van der Waals surface area contributed by atoms with Crippen LogP contribution in [-0.4, -0.2) is 60.8 Å². The van der Waals surface area contributed by atoms with E-state index in [1.807, 2.05) is 10.6 Å². The second kappa shape index (κ2) is 9.25. The third kappa shape index (κ3) is 4.56. The summed E-state index contributed by atoms with van der Waals surface area (Å²) in [6, 6.07) is 8.19. The molecule has 11 nitrogen and oxygen atoms in total. The molecule has 1 N–H and O–H groups in total. The minimum Gasteiger partial charge on any atom is -0.442 e. The molecule has 5 rings (SSSR count). The smallest absolute Gasteiger partial charge is 0.414 e. The van der Waals surface area contributed by atoms with Crippen LogP contribution in [0.2, 0.25) is 0 Å². The highest BCUT2D eigenvalue weighted by Crippen LogP contribution is 2.29. The fraction of sp³-hybridized carbons (Fsp3) is 0.273. The van der Waals surface area contributed by atoms with Gasteiger partial charge in [-0.3, -0.25) is 9.69 Å². The van der Waals surface area contributed by atoms with Crippen molar-refractivity contribution >= 4 is 23.3 Å². The van der Waals surface area contributed by atoms with Crippen LogP contribution in [0, 0.1) is 5.82 Å². The Balaban J connectivity index is 0.00000274. The normalized spacial score (nSPS) is 15.3. The summed E-state index contributed by atoms with van der Waals surface area (Å²) in [7, 11) is 0. The first-order chi connectivity index (χ1) is 16.0. The van der Waals surface area contributed by atoms with E-state index in [1.165, 1.54) is 24.2 Å². The molecule has 0 aliphatic carbocycles. The number of benzene rings is 1. The lowest BCUT2D eigenvalue weighted by atomic mass is 10.1. The van der Waals surface area contributed by atoms with E-state index in [0.717, 1.165) is 5.69 Å². The van der Waals surface area contributed by atoms with Crippen LogP contribution in [-0.2, 0) is 16.1 Å². The van der Waals surface area contributed by atoms with Gasteiger partial charge in [-0.25, -0.2) is 18.9 Å². The molecule has 3 aromatic heterocycles. The van der Waals surface area contributed by atoms with Crippen LogP contribution < -0.4 is 10.2 Å². The van der Waals surface area contributed by atoms with Gasteiger partial charge in [0, 0.05) is 30.4 Å². The molecule has 12 heteroatoms. The Morgan fingerprint density at radius 2 is 2.12 bits per heavy atom. The van der Waals surface area contributed by atoms with Crippen LogP contribution in [0.4, 0.5) is 14.9 Å². The Kier molecular flexibility index (Phi) is 6.21. The van der Waals surface area contributed by atoms with E-state index in [0.29, 0.717) is 29.0 Å². The number of aromatic nitrogens is 6. The topological polar surface area (TPSA) is 120 Å². The van der Waals surface area contributed by atoms with Crippen molar-refractivity contribution < 1.29 is 18.7 Å². The number of tetrazole rings is 1. The summed E-state index contributed by atoms with van der Waals surface area (Å²) < 4.78 is 23.7. The van der Waals surface area contributed by atoms with Gasteiger partial charge in [0.25, 0.3) is 0 Å². The Morgan fingerprint density at radius 1 is 1.26 bits per heavy atom. The number of carbonyl (C=O) groups excluding carboxylic acids is 2. The summed E-state index contributed by atoms with van der Waals surface area (Å²) in [5.74, 6) is -0.684. The molecule has 176 valence electrons. The molecule has 0 saturated carbocycles. The summed E-state index contributed by atoms with van der Waals surface area (Å²) >= 11 is 0. The number of imidazole rings is 1. The molecular formula is C22H23FN8O3. The van der Waals surface area contributed by atoms with E-state index < -0.39 is 18.0 Å². The number of carbonyl (C=O) groups is 2. The molecule has 0 bridgehead atoms. The number of anilines is 1. The van der Waals surface area contributed by atoms with Gasteiger partial charge in [0.1, 0.15) is 23.9 Å². The standard InChI is InChI=1S/C21H19FN8O3.CH4/c1-13(31)23-7-17-11-30(21(32)33-17)16-3-4-18(19(22)6-16)14-2-5-20-25-15(9-28(20)8-14)10-29-12-24-26-27-29;/h2-6,8-9,12,17H,7,10-11H2,1H3,(H,23,31);1H4/t17-;/m0./s1. The highest BCUT2D eigenvalue weighted by atomic mass is 19.1. The maximum atomic E-state index is 15.0. The number of fused-ring (bicyclic) bond motifs is 1. The third-order valence-corrected chi connectivity index (χ3v) is 5.24. The van der Waals surface area contributed by atoms with Crippen molar-refractivity contribution in [1.29, 1.82) is 0 Å². The first-order valence-electron chi connectivity index (χ1n) is 10.2. The molecular weight excluding hydrogens is 443 g/mol. The molecule has 34 heavy (non-hydrogen) atoms. The number of hydrogen-bond acceptors (Lipinski definition) is 7. The quantitative estimate of drug-likeness (QED) is 0.463. The molecule has 4 aromatic rings. The predicted molar refractivity (Wildman–Crippen MR) is 121 cm³/mol. The molecule has 1 atom stereocenters. The monoisotopic (exact) mass is 466 g/mol. The van der Waals surface area contributed by atoms with Gasteiger partial charge in [-0.1, -0.05) is 7.43 Å². The average Bonchev–Trinajstić information content (AvgIpc) is 3.51. The van der Waals surface area contributed by atoms with Crippen molar-refractivity contribution in [2.75, 3.05) is 18.0 Å². The number of pyridine rings is 1. The molecule has 0 spiro atoms. The molecule has 2 amide bonds. The van der Waals surface area contributed by atoms with Crippen LogP contribution in [0.3, 0.4) is 0 Å². The number of cyclic esters (lactones) is 1. The number of nitrogens with zero attached hydrogens (tertiary/aromatic N) is 7. The summed E-state index contributed by atoms with van der Waals surface area (Å²) in [6.07, 6.45) is 4.06. The zero-order chi connectivity index (χ0) is 22.9. The van der Waals surface area contributed by atoms with Crippen molar-refractivity contribution in [3.63, 3.8) is 0 Å². The molecule has 1 aliphatic rings. The Morgan fingerprint density at radius 3 is 2.85 bits per heavy atom. The number of halogens is 1. The van der Waals surface area contributed by atoms with Gasteiger partial charge in [0.2, 0.25) is 5.91 Å². The molecule has 4 heterocycles. The Labute approximate surface area is 194 Å². The maximum Gasteiger partial charge on any atom is 0.414 e. The van der Waals surface area contributed by atoms with E-state index >= 15 is 4.39 Å². The van der Waals surface area contributed by atoms with Crippen molar-refractivity contribution in [2.24, 2.45) is 0 Å². The van der Waals surface area contributed by atoms with Crippen LogP contribution in [0.25, 0.3) is 16.8 Å². The number of amides is 2. The van der Waals surface area contributed by atoms with Crippen LogP contribution in [0.1, 0.15) is 20.0 Å². The largest absolute Gasteiger partial charge is 0.442 e. The van der Waals surface area contributed by atoms with Gasteiger partial charge in [0.15, 0.2) is 0 Å². The highest BCUT2D eigenvalue weighted by molar-refractivity contribution is 5.90. The zero-order valence-electron chi connectivity index (χ0n) is 17.6. The summed E-state index contributed by atoms with van der Waals surface area (Å²) in [5, 5.41) is 13.7. The molecule has 1 fully saturated rings. The molecule has 1 aromatic carbocycles. The minimum absolute atomic E-state index is 0. The highest BCUT2D eigenvalue weighted by Gasteiger charge is 2.32. The van der Waals surface area contributed by atoms with Crippen LogP contribution in [0.5, 0.6) is 0 Å². The zero-order valence-corrected chi connectivity index (χ0v) is 17.6. The molecule has 1 saturated heterocycles. The van der Waals surface area contributed by atoms with Crippen LogP contribution >= 0.6 is 0 Å². The van der Waals surface area contributed by atoms with Gasteiger partial charge in [0.05, 0.1) is 31.0 Å². The van der Waals surface area contributed by atoms with Gasteiger partial charge in [-0.05, 0) is 40.8 Å². The van der Waals surface area contributed by atoms with Crippen molar-refractivity contribution in [3.8, 4) is 11.1 Å². The number of rotatable bonds is 6. The maximum absolute atomic E-state index is 15.0. The number of nitrogens with one attached hydrogen (secondary N) is 1. The van der Waals surface area contributed by atoms with Crippen molar-refractivity contribution in [1.82, 2.24) is 34.9 Å². The van der Waals surface area contributed by atoms with E-state index in [-0.39, 0.29) is 26.4 Å². The molecule has 0 radical (unpaired) electrons. The first kappa shape index (κ1) is 22.8. The number of ether oxygens (including phenoxy) is 1. The Bertz CT molecular complexity index is 1340. The lowest BCUT2D eigenvalue weighted by molar-refractivity contribution is -0.119. The van der Waals surface area contributed by atoms with Crippen LogP contribution in [0.15, 0.2) is 49.1 Å².